The molecule has 1 heterocycles. The summed E-state index contributed by atoms with van der Waals surface area (Å²) in [4.78, 5) is 15.3. The number of benzene rings is 2. The number of rotatable bonds is 8. The molecule has 0 saturated heterocycles. The van der Waals surface area contributed by atoms with E-state index in [2.05, 4.69) is 4.98 Å². The summed E-state index contributed by atoms with van der Waals surface area (Å²) >= 11 is -2.79. The molecule has 1 aromatic heterocycles. The molecule has 1 N–H and O–H groups in total. The van der Waals surface area contributed by atoms with Crippen LogP contribution in [0.15, 0.2) is 66.9 Å². The molecule has 0 bridgehead atoms. The number of pyridine rings is 1. The van der Waals surface area contributed by atoms with Gasteiger partial charge in [-0.2, -0.15) is 13.2 Å². The van der Waals surface area contributed by atoms with Crippen LogP contribution in [-0.4, -0.2) is 30.9 Å². The number of halogens is 3. The van der Waals surface area contributed by atoms with E-state index in [1.165, 1.54) is 12.1 Å². The summed E-state index contributed by atoms with van der Waals surface area (Å²) in [5, 5.41) is 9.46. The van der Waals surface area contributed by atoms with E-state index in [4.69, 9.17) is 4.74 Å². The second-order valence-electron chi connectivity index (χ2n) is 7.63. The Balaban J connectivity index is 1.76. The van der Waals surface area contributed by atoms with Gasteiger partial charge in [-0.25, -0.2) is 9.78 Å². The smallest absolute Gasteiger partial charge is 0.417 e. The summed E-state index contributed by atoms with van der Waals surface area (Å²) in [6, 6.07) is 13.7. The maximum absolute atomic E-state index is 12.6. The van der Waals surface area contributed by atoms with Gasteiger partial charge in [0.25, 0.3) is 0 Å². The summed E-state index contributed by atoms with van der Waals surface area (Å²) in [6.45, 7) is 3.24. The molecule has 2 atom stereocenters. The van der Waals surface area contributed by atoms with E-state index in [9.17, 15) is 31.8 Å². The molecular weight excluding hydrogens is 473 g/mol. The van der Waals surface area contributed by atoms with Gasteiger partial charge in [-0.3, -0.25) is 8.51 Å². The predicted molar refractivity (Wildman–Crippen MR) is 119 cm³/mol. The summed E-state index contributed by atoms with van der Waals surface area (Å²) in [7, 11) is 0. The van der Waals surface area contributed by atoms with Crippen molar-refractivity contribution in [1.29, 1.82) is 0 Å². The summed E-state index contributed by atoms with van der Waals surface area (Å²) < 4.78 is 67.7. The molecule has 3 aromatic rings. The van der Waals surface area contributed by atoms with Gasteiger partial charge >= 0.3 is 12.1 Å². The number of hydrogen-bond donors (Lipinski definition) is 1. The quantitative estimate of drug-likeness (QED) is 0.429. The lowest BCUT2D eigenvalue weighted by molar-refractivity contribution is -0.139. The van der Waals surface area contributed by atoms with E-state index in [0.29, 0.717) is 11.9 Å². The van der Waals surface area contributed by atoms with E-state index in [1.54, 1.807) is 50.2 Å². The second kappa shape index (κ2) is 10.2. The van der Waals surface area contributed by atoms with E-state index < -0.39 is 40.9 Å². The Bertz CT molecular complexity index is 1150. The molecule has 0 aliphatic heterocycles. The lowest BCUT2D eigenvalue weighted by atomic mass is 10.0. The monoisotopic (exact) mass is 493 g/mol. The van der Waals surface area contributed by atoms with Crippen molar-refractivity contribution in [2.75, 3.05) is 4.31 Å². The van der Waals surface area contributed by atoms with E-state index in [0.717, 1.165) is 27.6 Å². The van der Waals surface area contributed by atoms with Crippen molar-refractivity contribution in [1.82, 2.24) is 4.98 Å². The number of alkyl halides is 3. The van der Waals surface area contributed by atoms with Gasteiger partial charge in [0.1, 0.15) is 11.8 Å². The van der Waals surface area contributed by atoms with Gasteiger partial charge in [-0.05, 0) is 47.4 Å². The van der Waals surface area contributed by atoms with Crippen LogP contribution in [0.4, 0.5) is 18.9 Å². The Morgan fingerprint density at radius 1 is 1.03 bits per heavy atom. The SMILES string of the molecule is CC(C)C(C(=O)O)N(c1ccc(-c2ccc(Oc3ccc(C(F)(F)F)cn3)cc2)cc1)S(=O)[O-]. The van der Waals surface area contributed by atoms with Gasteiger partial charge < -0.3 is 14.4 Å². The zero-order valence-electron chi connectivity index (χ0n) is 18.0. The molecule has 0 spiro atoms. The van der Waals surface area contributed by atoms with Crippen molar-refractivity contribution < 1.29 is 36.6 Å². The van der Waals surface area contributed by atoms with Crippen LogP contribution in [0, 0.1) is 5.92 Å². The maximum Gasteiger partial charge on any atom is 0.417 e. The number of anilines is 1. The van der Waals surface area contributed by atoms with E-state index in [-0.39, 0.29) is 11.6 Å². The van der Waals surface area contributed by atoms with Crippen molar-refractivity contribution >= 4 is 22.9 Å². The first-order chi connectivity index (χ1) is 16.0. The van der Waals surface area contributed by atoms with Crippen LogP contribution < -0.4 is 9.04 Å². The molecular formula is C23H20F3N2O5S-. The summed E-state index contributed by atoms with van der Waals surface area (Å²) in [6.07, 6.45) is -3.79. The minimum absolute atomic E-state index is 0.00828. The number of nitrogens with zero attached hydrogens (tertiary/aromatic N) is 2. The van der Waals surface area contributed by atoms with Gasteiger partial charge in [0.2, 0.25) is 5.88 Å². The first kappa shape index (κ1) is 25.2. The first-order valence-corrected chi connectivity index (χ1v) is 11.0. The molecule has 0 radical (unpaired) electrons. The number of aromatic nitrogens is 1. The fraction of sp³-hybridized carbons (Fsp3) is 0.217. The van der Waals surface area contributed by atoms with Crippen LogP contribution in [0.1, 0.15) is 19.4 Å². The average molecular weight is 493 g/mol. The highest BCUT2D eigenvalue weighted by Gasteiger charge is 2.31. The van der Waals surface area contributed by atoms with E-state index >= 15 is 0 Å². The second-order valence-corrected chi connectivity index (χ2v) is 8.45. The molecule has 0 saturated carbocycles. The number of carboxylic acid groups (broad SMARTS) is 1. The zero-order chi connectivity index (χ0) is 25.0. The van der Waals surface area contributed by atoms with Gasteiger partial charge in [0, 0.05) is 29.2 Å². The van der Waals surface area contributed by atoms with Crippen LogP contribution in [0.5, 0.6) is 11.6 Å². The molecule has 0 aliphatic carbocycles. The molecule has 0 amide bonds. The van der Waals surface area contributed by atoms with Crippen molar-refractivity contribution in [2.24, 2.45) is 5.92 Å². The normalized spacial score (nSPS) is 13.4. The third-order valence-electron chi connectivity index (χ3n) is 4.89. The van der Waals surface area contributed by atoms with E-state index in [1.807, 2.05) is 0 Å². The molecule has 2 unspecified atom stereocenters. The number of carboxylic acids is 1. The van der Waals surface area contributed by atoms with Crippen molar-refractivity contribution in [3.05, 3.63) is 72.4 Å². The first-order valence-electron chi connectivity index (χ1n) is 10.0. The van der Waals surface area contributed by atoms with Gasteiger partial charge in [0.05, 0.1) is 5.56 Å². The molecule has 0 aliphatic rings. The van der Waals surface area contributed by atoms with Crippen molar-refractivity contribution in [2.45, 2.75) is 26.1 Å². The standard InChI is InChI=1S/C23H21F3N2O5S/c1-14(2)21(22(29)30)28(34(31)32)18-8-3-15(4-9-18)16-5-10-19(11-6-16)33-20-12-7-17(13-27-20)23(24,25)26/h3-14,21H,1-2H3,(H,29,30)(H,31,32)/p-1. The Hall–Kier alpha value is -3.44. The highest BCUT2D eigenvalue weighted by atomic mass is 32.2. The average Bonchev–Trinajstić information content (AvgIpc) is 2.77. The molecule has 0 fully saturated rings. The molecule has 7 nitrogen and oxygen atoms in total. The van der Waals surface area contributed by atoms with Crippen LogP contribution in [0.3, 0.4) is 0 Å². The van der Waals surface area contributed by atoms with Crippen LogP contribution >= 0.6 is 0 Å². The Morgan fingerprint density at radius 3 is 2.00 bits per heavy atom. The van der Waals surface area contributed by atoms with Gasteiger partial charge in [0.15, 0.2) is 0 Å². The highest BCUT2D eigenvalue weighted by molar-refractivity contribution is 7.80. The molecule has 3 rings (SSSR count). The maximum atomic E-state index is 12.6. The lowest BCUT2D eigenvalue weighted by Crippen LogP contribution is -2.45. The van der Waals surface area contributed by atoms with Gasteiger partial charge in [-0.1, -0.05) is 38.1 Å². The van der Waals surface area contributed by atoms with Crippen LogP contribution in [0.2, 0.25) is 0 Å². The minimum atomic E-state index is -4.48. The molecule has 11 heteroatoms. The Kier molecular flexibility index (Phi) is 7.57. The molecule has 2 aromatic carbocycles. The number of ether oxygens (including phenoxy) is 1. The third kappa shape index (κ3) is 5.91. The third-order valence-corrected chi connectivity index (χ3v) is 5.65. The zero-order valence-corrected chi connectivity index (χ0v) is 18.8. The number of hydrogen-bond acceptors (Lipinski definition) is 5. The van der Waals surface area contributed by atoms with Crippen LogP contribution in [0.25, 0.3) is 11.1 Å². The fourth-order valence-electron chi connectivity index (χ4n) is 3.24. The Morgan fingerprint density at radius 2 is 1.59 bits per heavy atom. The molecule has 34 heavy (non-hydrogen) atoms. The summed E-state index contributed by atoms with van der Waals surface area (Å²) in [5.74, 6) is -1.33. The minimum Gasteiger partial charge on any atom is -0.755 e. The fourth-order valence-corrected chi connectivity index (χ4v) is 4.05. The Labute approximate surface area is 196 Å². The largest absolute Gasteiger partial charge is 0.755 e. The number of carbonyl (C=O) groups is 1. The van der Waals surface area contributed by atoms with Crippen molar-refractivity contribution in [3.63, 3.8) is 0 Å². The molecule has 180 valence electrons. The lowest BCUT2D eigenvalue weighted by Gasteiger charge is -2.34. The van der Waals surface area contributed by atoms with Crippen LogP contribution in [-0.2, 0) is 22.2 Å². The predicted octanol–water partition coefficient (Wildman–Crippen LogP) is 5.27. The topological polar surface area (TPSA) is 103 Å². The van der Waals surface area contributed by atoms with Gasteiger partial charge in [-0.15, -0.1) is 0 Å². The number of aliphatic carboxylic acids is 1. The van der Waals surface area contributed by atoms with Crippen molar-refractivity contribution in [3.8, 4) is 22.8 Å². The highest BCUT2D eigenvalue weighted by Crippen LogP contribution is 2.31. The summed E-state index contributed by atoms with van der Waals surface area (Å²) in [5.41, 5.74) is 0.830.